The first-order valence-electron chi connectivity index (χ1n) is 9.76. The maximum atomic E-state index is 6.88. The lowest BCUT2D eigenvalue weighted by atomic mass is 9.79. The van der Waals surface area contributed by atoms with E-state index < -0.39 is 8.32 Å². The second kappa shape index (κ2) is 8.68. The molecule has 0 aliphatic heterocycles. The number of hydrogen-bond donors (Lipinski definition) is 0. The molecule has 1 aromatic rings. The molecule has 0 bridgehead atoms. The molecule has 3 heteroatoms. The molecule has 26 heavy (non-hydrogen) atoms. The van der Waals surface area contributed by atoms with Crippen molar-refractivity contribution < 1.29 is 9.16 Å². The van der Waals surface area contributed by atoms with Gasteiger partial charge in [0.05, 0.1) is 19.3 Å². The maximum absolute atomic E-state index is 6.88. The number of allylic oxidation sites excluding steroid dienone is 2. The molecule has 0 radical (unpaired) electrons. The van der Waals surface area contributed by atoms with Crippen molar-refractivity contribution in [3.05, 3.63) is 60.7 Å². The SMILES string of the molecule is C=CC[C@H](O[Si](C)(C)C(C)(C)C)C1(COCc2ccccc2)CC=CC1. The van der Waals surface area contributed by atoms with Gasteiger partial charge in [0, 0.05) is 5.41 Å². The Morgan fingerprint density at radius 1 is 1.15 bits per heavy atom. The highest BCUT2D eigenvalue weighted by Gasteiger charge is 2.46. The summed E-state index contributed by atoms with van der Waals surface area (Å²) in [7, 11) is -1.85. The summed E-state index contributed by atoms with van der Waals surface area (Å²) in [6.07, 6.45) is 9.67. The fourth-order valence-corrected chi connectivity index (χ4v) is 4.66. The van der Waals surface area contributed by atoms with E-state index in [0.717, 1.165) is 25.9 Å². The van der Waals surface area contributed by atoms with Crippen molar-refractivity contribution in [3.8, 4) is 0 Å². The first kappa shape index (κ1) is 21.1. The molecule has 0 heterocycles. The maximum Gasteiger partial charge on any atom is 0.192 e. The molecule has 1 aromatic carbocycles. The zero-order valence-corrected chi connectivity index (χ0v) is 18.3. The first-order chi connectivity index (χ1) is 12.2. The number of benzene rings is 1. The van der Waals surface area contributed by atoms with Gasteiger partial charge in [-0.25, -0.2) is 0 Å². The van der Waals surface area contributed by atoms with Gasteiger partial charge in [0.25, 0.3) is 0 Å². The molecule has 1 aliphatic carbocycles. The van der Waals surface area contributed by atoms with Crippen LogP contribution in [0.3, 0.4) is 0 Å². The second-order valence-electron chi connectivity index (χ2n) is 9.11. The molecule has 0 fully saturated rings. The number of hydrogen-bond acceptors (Lipinski definition) is 2. The van der Waals surface area contributed by atoms with Gasteiger partial charge < -0.3 is 9.16 Å². The molecule has 2 rings (SSSR count). The predicted octanol–water partition coefficient (Wildman–Crippen LogP) is 6.51. The fourth-order valence-electron chi connectivity index (χ4n) is 3.25. The van der Waals surface area contributed by atoms with Gasteiger partial charge in [-0.05, 0) is 43.0 Å². The summed E-state index contributed by atoms with van der Waals surface area (Å²) in [6.45, 7) is 17.0. The molecule has 0 amide bonds. The van der Waals surface area contributed by atoms with Crippen LogP contribution in [0.15, 0.2) is 55.1 Å². The average Bonchev–Trinajstić information content (AvgIpc) is 3.04. The van der Waals surface area contributed by atoms with E-state index in [2.05, 4.69) is 76.9 Å². The van der Waals surface area contributed by atoms with Crippen LogP contribution in [-0.2, 0) is 15.8 Å². The van der Waals surface area contributed by atoms with E-state index in [1.807, 2.05) is 12.1 Å². The molecule has 0 saturated carbocycles. The summed E-state index contributed by atoms with van der Waals surface area (Å²) < 4.78 is 13.1. The third-order valence-electron chi connectivity index (χ3n) is 6.02. The van der Waals surface area contributed by atoms with E-state index in [4.69, 9.17) is 9.16 Å². The van der Waals surface area contributed by atoms with Crippen LogP contribution < -0.4 is 0 Å². The van der Waals surface area contributed by atoms with Crippen molar-refractivity contribution >= 4 is 8.32 Å². The van der Waals surface area contributed by atoms with Gasteiger partial charge in [-0.3, -0.25) is 0 Å². The standard InChI is InChI=1S/C23H36O2Si/c1-7-13-21(25-26(5,6)22(2,3)4)23(16-11-12-17-23)19-24-18-20-14-9-8-10-15-20/h7-12,14-15,21H,1,13,16-19H2,2-6H3/t21-/m0/s1. The lowest BCUT2D eigenvalue weighted by Crippen LogP contribution is -2.50. The van der Waals surface area contributed by atoms with Crippen molar-refractivity contribution in [2.75, 3.05) is 6.61 Å². The Bertz CT molecular complexity index is 590. The lowest BCUT2D eigenvalue weighted by Gasteiger charge is -2.45. The number of rotatable bonds is 9. The van der Waals surface area contributed by atoms with Crippen LogP contribution in [0.2, 0.25) is 18.1 Å². The average molecular weight is 373 g/mol. The van der Waals surface area contributed by atoms with Crippen LogP contribution >= 0.6 is 0 Å². The van der Waals surface area contributed by atoms with Gasteiger partial charge in [0.15, 0.2) is 8.32 Å². The Morgan fingerprint density at radius 3 is 2.31 bits per heavy atom. The summed E-state index contributed by atoms with van der Waals surface area (Å²) in [5, 5.41) is 0.199. The molecule has 0 spiro atoms. The molecule has 2 nitrogen and oxygen atoms in total. The van der Waals surface area contributed by atoms with Crippen molar-refractivity contribution in [2.45, 2.75) is 70.9 Å². The van der Waals surface area contributed by atoms with Gasteiger partial charge in [0.1, 0.15) is 0 Å². The molecule has 144 valence electrons. The van der Waals surface area contributed by atoms with Gasteiger partial charge in [0.2, 0.25) is 0 Å². The van der Waals surface area contributed by atoms with Crippen molar-refractivity contribution in [1.29, 1.82) is 0 Å². The Morgan fingerprint density at radius 2 is 1.77 bits per heavy atom. The summed E-state index contributed by atoms with van der Waals surface area (Å²) >= 11 is 0. The third kappa shape index (κ3) is 5.18. The lowest BCUT2D eigenvalue weighted by molar-refractivity contribution is -0.0358. The zero-order chi connectivity index (χ0) is 19.3. The molecular formula is C23H36O2Si. The molecule has 0 N–H and O–H groups in total. The van der Waals surface area contributed by atoms with Gasteiger partial charge in [-0.15, -0.1) is 6.58 Å². The Labute approximate surface area is 161 Å². The molecule has 1 atom stereocenters. The van der Waals surface area contributed by atoms with Crippen molar-refractivity contribution in [2.24, 2.45) is 5.41 Å². The minimum atomic E-state index is -1.85. The number of ether oxygens (including phenoxy) is 1. The van der Waals surface area contributed by atoms with E-state index in [9.17, 15) is 0 Å². The zero-order valence-electron chi connectivity index (χ0n) is 17.3. The van der Waals surface area contributed by atoms with Gasteiger partial charge in [-0.1, -0.05) is 69.3 Å². The van der Waals surface area contributed by atoms with E-state index in [0.29, 0.717) is 6.61 Å². The van der Waals surface area contributed by atoms with E-state index in [-0.39, 0.29) is 16.6 Å². The van der Waals surface area contributed by atoms with E-state index >= 15 is 0 Å². The van der Waals surface area contributed by atoms with Crippen LogP contribution in [0.25, 0.3) is 0 Å². The summed E-state index contributed by atoms with van der Waals surface area (Å²) in [5.74, 6) is 0. The highest BCUT2D eigenvalue weighted by atomic mass is 28.4. The van der Waals surface area contributed by atoms with Crippen LogP contribution in [-0.4, -0.2) is 21.0 Å². The largest absolute Gasteiger partial charge is 0.413 e. The monoisotopic (exact) mass is 372 g/mol. The van der Waals surface area contributed by atoms with Gasteiger partial charge in [-0.2, -0.15) is 0 Å². The van der Waals surface area contributed by atoms with Crippen molar-refractivity contribution in [3.63, 3.8) is 0 Å². The van der Waals surface area contributed by atoms with E-state index in [1.54, 1.807) is 0 Å². The first-order valence-corrected chi connectivity index (χ1v) is 12.7. The summed E-state index contributed by atoms with van der Waals surface area (Å²) in [5.41, 5.74) is 1.25. The second-order valence-corrected chi connectivity index (χ2v) is 13.9. The highest BCUT2D eigenvalue weighted by molar-refractivity contribution is 6.74. The fraction of sp³-hybridized carbons (Fsp3) is 0.565. The van der Waals surface area contributed by atoms with Crippen LogP contribution in [0, 0.1) is 5.41 Å². The van der Waals surface area contributed by atoms with Crippen LogP contribution in [0.1, 0.15) is 45.6 Å². The summed E-state index contributed by atoms with van der Waals surface area (Å²) in [6, 6.07) is 10.4. The molecular weight excluding hydrogens is 336 g/mol. The van der Waals surface area contributed by atoms with Crippen LogP contribution in [0.4, 0.5) is 0 Å². The minimum Gasteiger partial charge on any atom is -0.413 e. The molecule has 1 aliphatic rings. The Hall–Kier alpha value is -1.16. The van der Waals surface area contributed by atoms with Crippen LogP contribution in [0.5, 0.6) is 0 Å². The third-order valence-corrected chi connectivity index (χ3v) is 10.5. The van der Waals surface area contributed by atoms with E-state index in [1.165, 1.54) is 5.56 Å². The smallest absolute Gasteiger partial charge is 0.192 e. The molecule has 0 unspecified atom stereocenters. The Kier molecular flexibility index (Phi) is 7.06. The normalized spacial score (nSPS) is 18.0. The predicted molar refractivity (Wildman–Crippen MR) is 114 cm³/mol. The highest BCUT2D eigenvalue weighted by Crippen LogP contribution is 2.45. The Balaban J connectivity index is 2.11. The molecule has 0 aromatic heterocycles. The topological polar surface area (TPSA) is 18.5 Å². The van der Waals surface area contributed by atoms with Gasteiger partial charge >= 0.3 is 0 Å². The van der Waals surface area contributed by atoms with Crippen molar-refractivity contribution in [1.82, 2.24) is 0 Å². The molecule has 0 saturated heterocycles. The summed E-state index contributed by atoms with van der Waals surface area (Å²) in [4.78, 5) is 0. The quantitative estimate of drug-likeness (QED) is 0.363. The minimum absolute atomic E-state index is 0.0263.